The molecule has 4 N–H and O–H groups in total. The Bertz CT molecular complexity index is 458. The van der Waals surface area contributed by atoms with Crippen LogP contribution in [0.3, 0.4) is 0 Å². The largest absolute Gasteiger partial charge is 0.504 e. The lowest BCUT2D eigenvalue weighted by molar-refractivity contribution is -0.141. The number of nitrogens with one attached hydrogen (secondary N) is 1. The molecular formula is C12H15NO5. The fourth-order valence-electron chi connectivity index (χ4n) is 1.43. The second-order valence-corrected chi connectivity index (χ2v) is 3.84. The van der Waals surface area contributed by atoms with E-state index in [0.29, 0.717) is 5.56 Å². The van der Waals surface area contributed by atoms with Crippen molar-refractivity contribution in [1.82, 2.24) is 5.32 Å². The van der Waals surface area contributed by atoms with Gasteiger partial charge in [-0.25, -0.2) is 4.79 Å². The summed E-state index contributed by atoms with van der Waals surface area (Å²) >= 11 is 0. The molecule has 0 aliphatic heterocycles. The van der Waals surface area contributed by atoms with E-state index in [9.17, 15) is 14.7 Å². The minimum atomic E-state index is -1.15. The van der Waals surface area contributed by atoms with E-state index < -0.39 is 12.0 Å². The third-order valence-electron chi connectivity index (χ3n) is 2.43. The van der Waals surface area contributed by atoms with Gasteiger partial charge in [0.2, 0.25) is 5.91 Å². The summed E-state index contributed by atoms with van der Waals surface area (Å²) in [5.41, 5.74) is 0.508. The van der Waals surface area contributed by atoms with Crippen LogP contribution in [-0.2, 0) is 16.0 Å². The third kappa shape index (κ3) is 3.65. The van der Waals surface area contributed by atoms with E-state index in [0.717, 1.165) is 0 Å². The van der Waals surface area contributed by atoms with Crippen LogP contribution in [0.2, 0.25) is 0 Å². The normalized spacial score (nSPS) is 11.8. The quantitative estimate of drug-likeness (QED) is 0.575. The molecule has 0 aliphatic rings. The van der Waals surface area contributed by atoms with Crippen molar-refractivity contribution in [2.45, 2.75) is 25.8 Å². The van der Waals surface area contributed by atoms with Crippen LogP contribution in [0.4, 0.5) is 0 Å². The number of hydrogen-bond donors (Lipinski definition) is 4. The van der Waals surface area contributed by atoms with E-state index in [-0.39, 0.29) is 30.2 Å². The van der Waals surface area contributed by atoms with E-state index in [1.807, 2.05) is 0 Å². The van der Waals surface area contributed by atoms with Crippen molar-refractivity contribution in [2.75, 3.05) is 0 Å². The van der Waals surface area contributed by atoms with Crippen molar-refractivity contribution in [3.8, 4) is 11.5 Å². The van der Waals surface area contributed by atoms with E-state index in [2.05, 4.69) is 5.32 Å². The molecule has 6 nitrogen and oxygen atoms in total. The first-order valence-electron chi connectivity index (χ1n) is 5.47. The highest BCUT2D eigenvalue weighted by Crippen LogP contribution is 2.25. The van der Waals surface area contributed by atoms with Gasteiger partial charge in [0.25, 0.3) is 0 Å². The van der Waals surface area contributed by atoms with Gasteiger partial charge < -0.3 is 20.6 Å². The minimum absolute atomic E-state index is 0.0366. The van der Waals surface area contributed by atoms with Gasteiger partial charge in [-0.15, -0.1) is 0 Å². The van der Waals surface area contributed by atoms with Crippen LogP contribution in [0.25, 0.3) is 0 Å². The van der Waals surface area contributed by atoms with Crippen molar-refractivity contribution < 1.29 is 24.9 Å². The number of carbonyl (C=O) groups is 2. The van der Waals surface area contributed by atoms with E-state index in [1.165, 1.54) is 18.2 Å². The van der Waals surface area contributed by atoms with Crippen LogP contribution in [0.1, 0.15) is 18.9 Å². The Kier molecular flexibility index (Phi) is 4.53. The highest BCUT2D eigenvalue weighted by Gasteiger charge is 2.20. The van der Waals surface area contributed by atoms with Crippen LogP contribution < -0.4 is 5.32 Å². The first-order chi connectivity index (χ1) is 8.43. The highest BCUT2D eigenvalue weighted by molar-refractivity contribution is 5.83. The van der Waals surface area contributed by atoms with Crippen LogP contribution in [0.15, 0.2) is 18.2 Å². The van der Waals surface area contributed by atoms with Crippen molar-refractivity contribution in [3.63, 3.8) is 0 Å². The van der Waals surface area contributed by atoms with Crippen molar-refractivity contribution >= 4 is 11.9 Å². The van der Waals surface area contributed by atoms with Crippen LogP contribution in [0, 0.1) is 0 Å². The molecule has 1 aromatic carbocycles. The minimum Gasteiger partial charge on any atom is -0.504 e. The summed E-state index contributed by atoms with van der Waals surface area (Å²) < 4.78 is 0. The molecule has 0 radical (unpaired) electrons. The molecule has 0 fully saturated rings. The maximum Gasteiger partial charge on any atom is 0.326 e. The molecule has 98 valence electrons. The Morgan fingerprint density at radius 2 is 1.94 bits per heavy atom. The summed E-state index contributed by atoms with van der Waals surface area (Å²) in [6.07, 6.45) is 0.236. The number of phenols is 2. The molecule has 0 spiro atoms. The molecule has 1 amide bonds. The number of aliphatic carboxylic acids is 1. The molecule has 0 unspecified atom stereocenters. The van der Waals surface area contributed by atoms with Gasteiger partial charge in [-0.2, -0.15) is 0 Å². The first kappa shape index (κ1) is 13.8. The molecule has 0 heterocycles. The molecule has 0 bridgehead atoms. The van der Waals surface area contributed by atoms with Gasteiger partial charge in [-0.05, 0) is 17.7 Å². The maximum atomic E-state index is 11.2. The van der Waals surface area contributed by atoms with Gasteiger partial charge in [-0.3, -0.25) is 4.79 Å². The monoisotopic (exact) mass is 253 g/mol. The standard InChI is InChI=1S/C12H15NO5/c1-2-11(16)13-8(12(17)18)5-7-3-4-9(14)10(15)6-7/h3-4,6,8,14-15H,2,5H2,1H3,(H,13,16)(H,17,18)/t8-/m0/s1. The second-order valence-electron chi connectivity index (χ2n) is 3.84. The predicted molar refractivity (Wildman–Crippen MR) is 63.3 cm³/mol. The molecule has 0 saturated heterocycles. The first-order valence-corrected chi connectivity index (χ1v) is 5.47. The van der Waals surface area contributed by atoms with Gasteiger partial charge in [-0.1, -0.05) is 13.0 Å². The zero-order valence-electron chi connectivity index (χ0n) is 9.88. The number of amides is 1. The third-order valence-corrected chi connectivity index (χ3v) is 2.43. The Balaban J connectivity index is 2.80. The summed E-state index contributed by atoms with van der Waals surface area (Å²) in [6, 6.07) is 2.97. The summed E-state index contributed by atoms with van der Waals surface area (Å²) in [5.74, 6) is -2.10. The Hall–Kier alpha value is -2.24. The van der Waals surface area contributed by atoms with Crippen LogP contribution in [-0.4, -0.2) is 33.2 Å². The number of rotatable bonds is 5. The smallest absolute Gasteiger partial charge is 0.326 e. The second kappa shape index (κ2) is 5.90. The average molecular weight is 253 g/mol. The number of benzene rings is 1. The fraction of sp³-hybridized carbons (Fsp3) is 0.333. The molecule has 1 atom stereocenters. The zero-order chi connectivity index (χ0) is 13.7. The predicted octanol–water partition coefficient (Wildman–Crippen LogP) is 0.620. The number of hydrogen-bond acceptors (Lipinski definition) is 4. The van der Waals surface area contributed by atoms with Gasteiger partial charge >= 0.3 is 5.97 Å². The number of carboxylic acids is 1. The molecule has 1 rings (SSSR count). The van der Waals surface area contributed by atoms with Crippen molar-refractivity contribution in [1.29, 1.82) is 0 Å². The molecule has 0 aromatic heterocycles. The topological polar surface area (TPSA) is 107 Å². The van der Waals surface area contributed by atoms with Crippen LogP contribution >= 0.6 is 0 Å². The summed E-state index contributed by atoms with van der Waals surface area (Å²) in [4.78, 5) is 22.2. The lowest BCUT2D eigenvalue weighted by Gasteiger charge is -2.14. The molecular weight excluding hydrogens is 238 g/mol. The summed E-state index contributed by atoms with van der Waals surface area (Å²) in [7, 11) is 0. The number of carbonyl (C=O) groups excluding carboxylic acids is 1. The molecule has 0 saturated carbocycles. The Morgan fingerprint density at radius 3 is 2.44 bits per heavy atom. The van der Waals surface area contributed by atoms with Gasteiger partial charge in [0.1, 0.15) is 6.04 Å². The van der Waals surface area contributed by atoms with Gasteiger partial charge in [0, 0.05) is 12.8 Å². The number of carboxylic acid groups (broad SMARTS) is 1. The SMILES string of the molecule is CCC(=O)N[C@@H](Cc1ccc(O)c(O)c1)C(=O)O. The fourth-order valence-corrected chi connectivity index (χ4v) is 1.43. The lowest BCUT2D eigenvalue weighted by Crippen LogP contribution is -2.42. The molecule has 6 heteroatoms. The molecule has 1 aromatic rings. The Labute approximate surface area is 104 Å². The summed E-state index contributed by atoms with van der Waals surface area (Å²) in [6.45, 7) is 1.63. The number of aromatic hydroxyl groups is 2. The highest BCUT2D eigenvalue weighted by atomic mass is 16.4. The van der Waals surface area contributed by atoms with Crippen molar-refractivity contribution in [3.05, 3.63) is 23.8 Å². The summed E-state index contributed by atoms with van der Waals surface area (Å²) in [5, 5.41) is 29.8. The van der Waals surface area contributed by atoms with Gasteiger partial charge in [0.15, 0.2) is 11.5 Å². The Morgan fingerprint density at radius 1 is 1.28 bits per heavy atom. The maximum absolute atomic E-state index is 11.2. The number of phenolic OH excluding ortho intramolecular Hbond substituents is 2. The van der Waals surface area contributed by atoms with E-state index in [1.54, 1.807) is 6.92 Å². The molecule has 18 heavy (non-hydrogen) atoms. The van der Waals surface area contributed by atoms with Gasteiger partial charge in [0.05, 0.1) is 0 Å². The van der Waals surface area contributed by atoms with E-state index in [4.69, 9.17) is 10.2 Å². The van der Waals surface area contributed by atoms with E-state index >= 15 is 0 Å². The lowest BCUT2D eigenvalue weighted by atomic mass is 10.1. The average Bonchev–Trinajstić information content (AvgIpc) is 2.32. The molecule has 0 aliphatic carbocycles. The zero-order valence-corrected chi connectivity index (χ0v) is 9.88. The van der Waals surface area contributed by atoms with Crippen molar-refractivity contribution in [2.24, 2.45) is 0 Å². The van der Waals surface area contributed by atoms with Crippen LogP contribution in [0.5, 0.6) is 11.5 Å².